The van der Waals surface area contributed by atoms with Crippen LogP contribution in [0.3, 0.4) is 0 Å². The van der Waals surface area contributed by atoms with Crippen molar-refractivity contribution in [2.45, 2.75) is 18.9 Å². The van der Waals surface area contributed by atoms with Gasteiger partial charge in [-0.15, -0.1) is 5.10 Å². The van der Waals surface area contributed by atoms with Gasteiger partial charge in [0.15, 0.2) is 4.60 Å². The lowest BCUT2D eigenvalue weighted by molar-refractivity contribution is 0.481. The van der Waals surface area contributed by atoms with Gasteiger partial charge < -0.3 is 10.2 Å². The summed E-state index contributed by atoms with van der Waals surface area (Å²) >= 11 is 3.34. The molecule has 0 spiro atoms. The van der Waals surface area contributed by atoms with Gasteiger partial charge in [0.25, 0.3) is 0 Å². The first kappa shape index (κ1) is 11.3. The number of hydrogen-bond acceptors (Lipinski definition) is 4. The minimum Gasteiger partial charge on any atom is -0.469 e. The van der Waals surface area contributed by atoms with Crippen molar-refractivity contribution in [1.82, 2.24) is 15.0 Å². The summed E-state index contributed by atoms with van der Waals surface area (Å²) in [5.41, 5.74) is 6.99. The molecule has 0 fully saturated rings. The molecule has 86 valence electrons. The van der Waals surface area contributed by atoms with Crippen LogP contribution in [0.15, 0.2) is 27.4 Å². The van der Waals surface area contributed by atoms with E-state index in [0.29, 0.717) is 4.60 Å². The Morgan fingerprint density at radius 2 is 2.44 bits per heavy atom. The SMILES string of the molecule is Cn1nnc(Br)c1C(N)CCc1ccco1. The molecule has 2 rings (SSSR count). The highest BCUT2D eigenvalue weighted by Crippen LogP contribution is 2.22. The number of aryl methyl sites for hydroxylation is 2. The maximum Gasteiger partial charge on any atom is 0.153 e. The number of aromatic nitrogens is 3. The molecule has 6 heteroatoms. The molecule has 0 amide bonds. The molecular formula is C10H13BrN4O. The monoisotopic (exact) mass is 284 g/mol. The molecule has 0 aliphatic rings. The summed E-state index contributed by atoms with van der Waals surface area (Å²) in [7, 11) is 1.83. The third-order valence-electron chi connectivity index (χ3n) is 2.46. The maximum absolute atomic E-state index is 6.09. The van der Waals surface area contributed by atoms with Crippen molar-refractivity contribution in [3.8, 4) is 0 Å². The van der Waals surface area contributed by atoms with E-state index in [-0.39, 0.29) is 6.04 Å². The highest BCUT2D eigenvalue weighted by Gasteiger charge is 2.16. The lowest BCUT2D eigenvalue weighted by Crippen LogP contribution is -2.15. The van der Waals surface area contributed by atoms with Crippen LogP contribution in [0.2, 0.25) is 0 Å². The largest absolute Gasteiger partial charge is 0.469 e. The number of nitrogens with two attached hydrogens (primary N) is 1. The van der Waals surface area contributed by atoms with E-state index in [2.05, 4.69) is 26.2 Å². The fourth-order valence-electron chi connectivity index (χ4n) is 1.62. The summed E-state index contributed by atoms with van der Waals surface area (Å²) in [6.07, 6.45) is 3.28. The Morgan fingerprint density at radius 1 is 1.62 bits per heavy atom. The van der Waals surface area contributed by atoms with Crippen molar-refractivity contribution < 1.29 is 4.42 Å². The second-order valence-corrected chi connectivity index (χ2v) is 4.36. The van der Waals surface area contributed by atoms with Gasteiger partial charge in [0.2, 0.25) is 0 Å². The van der Waals surface area contributed by atoms with Crippen LogP contribution in [0.4, 0.5) is 0 Å². The Hall–Kier alpha value is -1.14. The van der Waals surface area contributed by atoms with E-state index in [1.807, 2.05) is 19.2 Å². The maximum atomic E-state index is 6.09. The average Bonchev–Trinajstić information content (AvgIpc) is 2.86. The summed E-state index contributed by atoms with van der Waals surface area (Å²) < 4.78 is 7.66. The highest BCUT2D eigenvalue weighted by atomic mass is 79.9. The molecule has 5 nitrogen and oxygen atoms in total. The second-order valence-electron chi connectivity index (χ2n) is 3.61. The molecule has 0 bridgehead atoms. The van der Waals surface area contributed by atoms with Crippen LogP contribution in [-0.2, 0) is 13.5 Å². The third-order valence-corrected chi connectivity index (χ3v) is 3.02. The van der Waals surface area contributed by atoms with E-state index in [1.165, 1.54) is 0 Å². The zero-order valence-corrected chi connectivity index (χ0v) is 10.5. The Bertz CT molecular complexity index is 432. The van der Waals surface area contributed by atoms with Gasteiger partial charge in [0.05, 0.1) is 12.0 Å². The fraction of sp³-hybridized carbons (Fsp3) is 0.400. The summed E-state index contributed by atoms with van der Waals surface area (Å²) in [6.45, 7) is 0. The first-order valence-corrected chi connectivity index (χ1v) is 5.81. The van der Waals surface area contributed by atoms with Gasteiger partial charge in [-0.25, -0.2) is 4.68 Å². The minimum absolute atomic E-state index is 0.0977. The molecule has 2 aromatic heterocycles. The van der Waals surface area contributed by atoms with Gasteiger partial charge in [-0.05, 0) is 34.5 Å². The molecule has 1 atom stereocenters. The van der Waals surface area contributed by atoms with E-state index in [9.17, 15) is 0 Å². The number of nitrogens with zero attached hydrogens (tertiary/aromatic N) is 3. The van der Waals surface area contributed by atoms with Gasteiger partial charge in [-0.3, -0.25) is 0 Å². The number of hydrogen-bond donors (Lipinski definition) is 1. The molecule has 2 heterocycles. The van der Waals surface area contributed by atoms with Crippen molar-refractivity contribution in [1.29, 1.82) is 0 Å². The summed E-state index contributed by atoms with van der Waals surface area (Å²) in [4.78, 5) is 0. The zero-order chi connectivity index (χ0) is 11.5. The second kappa shape index (κ2) is 4.80. The first-order valence-electron chi connectivity index (χ1n) is 5.01. The topological polar surface area (TPSA) is 69.9 Å². The first-order chi connectivity index (χ1) is 7.68. The minimum atomic E-state index is -0.0977. The van der Waals surface area contributed by atoms with Crippen LogP contribution in [0, 0.1) is 0 Å². The van der Waals surface area contributed by atoms with Crippen LogP contribution in [0.25, 0.3) is 0 Å². The van der Waals surface area contributed by atoms with Crippen molar-refractivity contribution in [2.24, 2.45) is 12.8 Å². The van der Waals surface area contributed by atoms with Gasteiger partial charge in [-0.2, -0.15) is 0 Å². The van der Waals surface area contributed by atoms with Crippen LogP contribution >= 0.6 is 15.9 Å². The molecule has 16 heavy (non-hydrogen) atoms. The molecule has 0 aromatic carbocycles. The number of rotatable bonds is 4. The molecule has 1 unspecified atom stereocenters. The third kappa shape index (κ3) is 2.33. The highest BCUT2D eigenvalue weighted by molar-refractivity contribution is 9.10. The molecule has 0 saturated carbocycles. The van der Waals surface area contributed by atoms with E-state index in [0.717, 1.165) is 24.3 Å². The van der Waals surface area contributed by atoms with E-state index in [1.54, 1.807) is 10.9 Å². The molecular weight excluding hydrogens is 272 g/mol. The lowest BCUT2D eigenvalue weighted by Gasteiger charge is -2.10. The van der Waals surface area contributed by atoms with Crippen LogP contribution in [0.5, 0.6) is 0 Å². The summed E-state index contributed by atoms with van der Waals surface area (Å²) in [5.74, 6) is 0.946. The Kier molecular flexibility index (Phi) is 3.40. The molecule has 2 aromatic rings. The molecule has 0 saturated heterocycles. The van der Waals surface area contributed by atoms with Crippen molar-refractivity contribution in [2.75, 3.05) is 0 Å². The Labute approximate surface area is 102 Å². The Balaban J connectivity index is 2.01. The smallest absolute Gasteiger partial charge is 0.153 e. The average molecular weight is 285 g/mol. The van der Waals surface area contributed by atoms with E-state index in [4.69, 9.17) is 10.2 Å². The van der Waals surface area contributed by atoms with Crippen molar-refractivity contribution >= 4 is 15.9 Å². The molecule has 0 aliphatic carbocycles. The fourth-order valence-corrected chi connectivity index (χ4v) is 2.24. The van der Waals surface area contributed by atoms with Gasteiger partial charge >= 0.3 is 0 Å². The summed E-state index contributed by atoms with van der Waals surface area (Å²) in [6, 6.07) is 3.73. The van der Waals surface area contributed by atoms with Gasteiger partial charge in [0.1, 0.15) is 5.76 Å². The van der Waals surface area contributed by atoms with Crippen molar-refractivity contribution in [3.63, 3.8) is 0 Å². The van der Waals surface area contributed by atoms with Crippen LogP contribution in [0.1, 0.15) is 23.9 Å². The number of furan rings is 1. The standard InChI is InChI=1S/C10H13BrN4O/c1-15-9(10(11)13-14-15)8(12)5-4-7-3-2-6-16-7/h2-3,6,8H,4-5,12H2,1H3. The van der Waals surface area contributed by atoms with E-state index >= 15 is 0 Å². The van der Waals surface area contributed by atoms with Gasteiger partial charge in [0, 0.05) is 19.5 Å². The van der Waals surface area contributed by atoms with Crippen molar-refractivity contribution in [3.05, 3.63) is 34.5 Å². The van der Waals surface area contributed by atoms with Gasteiger partial charge in [-0.1, -0.05) is 5.21 Å². The number of halogens is 1. The Morgan fingerprint density at radius 3 is 3.00 bits per heavy atom. The van der Waals surface area contributed by atoms with Crippen LogP contribution in [-0.4, -0.2) is 15.0 Å². The zero-order valence-electron chi connectivity index (χ0n) is 8.93. The predicted molar refractivity (Wildman–Crippen MR) is 62.7 cm³/mol. The molecule has 0 radical (unpaired) electrons. The van der Waals surface area contributed by atoms with Crippen LogP contribution < -0.4 is 5.73 Å². The van der Waals surface area contributed by atoms with E-state index < -0.39 is 0 Å². The normalized spacial score (nSPS) is 12.9. The molecule has 2 N–H and O–H groups in total. The quantitative estimate of drug-likeness (QED) is 0.930. The predicted octanol–water partition coefficient (Wildman–Crippen LogP) is 1.80. The molecule has 0 aliphatic heterocycles. The lowest BCUT2D eigenvalue weighted by atomic mass is 10.1. The summed E-state index contributed by atoms with van der Waals surface area (Å²) in [5, 5.41) is 7.81.